The number of fused-ring (bicyclic) bond motifs is 4. The highest BCUT2D eigenvalue weighted by molar-refractivity contribution is 8.01. The van der Waals surface area contributed by atoms with Gasteiger partial charge in [0, 0.05) is 23.7 Å². The van der Waals surface area contributed by atoms with Gasteiger partial charge >= 0.3 is 0 Å². The number of amides is 2. The molecule has 4 rings (SSSR count). The Morgan fingerprint density at radius 3 is 2.84 bits per heavy atom. The molecule has 2 amide bonds. The summed E-state index contributed by atoms with van der Waals surface area (Å²) < 4.78 is 0. The third-order valence-electron chi connectivity index (χ3n) is 4.94. The molecule has 1 spiro atoms. The van der Waals surface area contributed by atoms with Crippen molar-refractivity contribution >= 4 is 40.8 Å². The smallest absolute Gasteiger partial charge is 0.240 e. The second-order valence-electron chi connectivity index (χ2n) is 6.31. The van der Waals surface area contributed by atoms with E-state index in [0.717, 1.165) is 11.1 Å². The molecular formula is C19H18N2O2S2. The molecule has 0 saturated carbocycles. The van der Waals surface area contributed by atoms with Crippen LogP contribution >= 0.6 is 24.0 Å². The second kappa shape index (κ2) is 5.81. The van der Waals surface area contributed by atoms with Crippen LogP contribution in [-0.2, 0) is 14.5 Å². The fourth-order valence-corrected chi connectivity index (χ4v) is 6.04. The summed E-state index contributed by atoms with van der Waals surface area (Å²) in [7, 11) is 0. The van der Waals surface area contributed by atoms with Crippen molar-refractivity contribution in [2.24, 2.45) is 0 Å². The average Bonchev–Trinajstić information content (AvgIpc) is 2.89. The minimum atomic E-state index is -0.713. The van der Waals surface area contributed by atoms with E-state index in [-0.39, 0.29) is 23.1 Å². The molecule has 25 heavy (non-hydrogen) atoms. The summed E-state index contributed by atoms with van der Waals surface area (Å²) in [4.78, 5) is 29.0. The van der Waals surface area contributed by atoms with Gasteiger partial charge in [0.25, 0.3) is 0 Å². The van der Waals surface area contributed by atoms with Crippen molar-refractivity contribution in [3.05, 3.63) is 59.8 Å². The van der Waals surface area contributed by atoms with Gasteiger partial charge in [0.15, 0.2) is 0 Å². The fourth-order valence-electron chi connectivity index (χ4n) is 3.86. The number of benzene rings is 1. The van der Waals surface area contributed by atoms with Gasteiger partial charge in [0.1, 0.15) is 9.86 Å². The lowest BCUT2D eigenvalue weighted by molar-refractivity contribution is -0.136. The van der Waals surface area contributed by atoms with E-state index in [2.05, 4.69) is 0 Å². The van der Waals surface area contributed by atoms with Crippen molar-refractivity contribution in [3.8, 4) is 0 Å². The summed E-state index contributed by atoms with van der Waals surface area (Å²) in [5.41, 5.74) is 1.93. The monoisotopic (exact) mass is 370 g/mol. The van der Waals surface area contributed by atoms with Crippen molar-refractivity contribution in [1.29, 1.82) is 0 Å². The Balaban J connectivity index is 1.99. The summed E-state index contributed by atoms with van der Waals surface area (Å²) in [5.74, 6) is 0.0403. The predicted molar refractivity (Wildman–Crippen MR) is 103 cm³/mol. The number of thioether (sulfide) groups is 1. The quantitative estimate of drug-likeness (QED) is 0.712. The van der Waals surface area contributed by atoms with Gasteiger partial charge in [-0.1, -0.05) is 55.6 Å². The lowest BCUT2D eigenvalue weighted by Gasteiger charge is -2.51. The summed E-state index contributed by atoms with van der Waals surface area (Å²) >= 11 is 7.23. The first-order valence-corrected chi connectivity index (χ1v) is 9.63. The molecule has 0 aliphatic carbocycles. The van der Waals surface area contributed by atoms with Crippen molar-refractivity contribution in [2.45, 2.75) is 36.4 Å². The van der Waals surface area contributed by atoms with Gasteiger partial charge in [0.2, 0.25) is 11.8 Å². The average molecular weight is 370 g/mol. The Kier molecular flexibility index (Phi) is 3.85. The molecule has 128 valence electrons. The Labute approximate surface area is 156 Å². The molecule has 1 saturated heterocycles. The van der Waals surface area contributed by atoms with Crippen LogP contribution in [0.1, 0.15) is 31.4 Å². The van der Waals surface area contributed by atoms with Crippen LogP contribution in [0.15, 0.2) is 48.7 Å². The molecule has 3 atom stereocenters. The normalized spacial score (nSPS) is 30.0. The van der Waals surface area contributed by atoms with Crippen LogP contribution in [0.2, 0.25) is 0 Å². The Bertz CT molecular complexity index is 848. The van der Waals surface area contributed by atoms with E-state index in [4.69, 9.17) is 12.2 Å². The molecule has 1 fully saturated rings. The summed E-state index contributed by atoms with van der Waals surface area (Å²) in [6.07, 6.45) is 7.97. The van der Waals surface area contributed by atoms with Gasteiger partial charge in [-0.25, -0.2) is 0 Å². The minimum Gasteiger partial charge on any atom is -0.308 e. The molecule has 2 unspecified atom stereocenters. The molecule has 1 aromatic rings. The summed E-state index contributed by atoms with van der Waals surface area (Å²) in [6, 6.07) is 7.64. The molecule has 3 aliphatic heterocycles. The zero-order chi connectivity index (χ0) is 17.8. The predicted octanol–water partition coefficient (Wildman–Crippen LogP) is 3.18. The first kappa shape index (κ1) is 16.5. The molecule has 0 N–H and O–H groups in total. The van der Waals surface area contributed by atoms with E-state index in [1.807, 2.05) is 62.5 Å². The molecule has 0 bridgehead atoms. The second-order valence-corrected chi connectivity index (χ2v) is 8.26. The Morgan fingerprint density at radius 2 is 2.08 bits per heavy atom. The number of hydrogen-bond donors (Lipinski definition) is 0. The highest BCUT2D eigenvalue weighted by atomic mass is 32.2. The standard InChI is InChI=1S/C19H18N2O2S2/c1-3-16(22)21-18(24)13-8-4-5-9-14(13)19(21)15-10-6-7-11-20(15)17(23)12(2)25-19/h4-12,15H,3H2,1-2H3/t12-,15?,19?/m1/s1. The lowest BCUT2D eigenvalue weighted by Crippen LogP contribution is -2.62. The maximum Gasteiger partial charge on any atom is 0.240 e. The van der Waals surface area contributed by atoms with Crippen LogP contribution in [0.3, 0.4) is 0 Å². The number of allylic oxidation sites excluding steroid dienone is 2. The molecule has 3 aliphatic rings. The number of thiocarbonyl (C=S) groups is 1. The van der Waals surface area contributed by atoms with E-state index in [1.165, 1.54) is 11.8 Å². The molecule has 0 radical (unpaired) electrons. The van der Waals surface area contributed by atoms with E-state index < -0.39 is 4.87 Å². The van der Waals surface area contributed by atoms with Crippen LogP contribution in [-0.4, -0.2) is 37.9 Å². The molecule has 4 nitrogen and oxygen atoms in total. The Hall–Kier alpha value is -1.92. The van der Waals surface area contributed by atoms with Gasteiger partial charge in [-0.05, 0) is 13.0 Å². The van der Waals surface area contributed by atoms with Crippen molar-refractivity contribution in [3.63, 3.8) is 0 Å². The van der Waals surface area contributed by atoms with Crippen LogP contribution in [0.5, 0.6) is 0 Å². The van der Waals surface area contributed by atoms with Crippen LogP contribution in [0.25, 0.3) is 0 Å². The van der Waals surface area contributed by atoms with Gasteiger partial charge in [-0.3, -0.25) is 14.5 Å². The minimum absolute atomic E-state index is 0.0156. The van der Waals surface area contributed by atoms with Gasteiger partial charge in [-0.2, -0.15) is 0 Å². The van der Waals surface area contributed by atoms with Crippen LogP contribution in [0, 0.1) is 0 Å². The van der Waals surface area contributed by atoms with E-state index in [9.17, 15) is 9.59 Å². The largest absolute Gasteiger partial charge is 0.308 e. The number of carbonyl (C=O) groups excluding carboxylic acids is 2. The van der Waals surface area contributed by atoms with Gasteiger partial charge < -0.3 is 4.90 Å². The van der Waals surface area contributed by atoms with Gasteiger partial charge in [-0.15, -0.1) is 11.8 Å². The molecule has 1 aromatic carbocycles. The third kappa shape index (κ3) is 2.10. The Morgan fingerprint density at radius 1 is 1.32 bits per heavy atom. The number of hydrogen-bond acceptors (Lipinski definition) is 4. The summed E-state index contributed by atoms with van der Waals surface area (Å²) in [6.45, 7) is 3.74. The highest BCUT2D eigenvalue weighted by Gasteiger charge is 2.60. The lowest BCUT2D eigenvalue weighted by atomic mass is 9.94. The van der Waals surface area contributed by atoms with E-state index >= 15 is 0 Å². The maximum atomic E-state index is 12.9. The number of nitrogens with zero attached hydrogens (tertiary/aromatic N) is 2. The first-order valence-electron chi connectivity index (χ1n) is 8.34. The van der Waals surface area contributed by atoms with E-state index in [1.54, 1.807) is 9.80 Å². The van der Waals surface area contributed by atoms with Gasteiger partial charge in [0.05, 0.1) is 11.3 Å². The molecule has 0 aromatic heterocycles. The molecule has 3 heterocycles. The zero-order valence-corrected chi connectivity index (χ0v) is 15.6. The third-order valence-corrected chi connectivity index (χ3v) is 6.90. The van der Waals surface area contributed by atoms with Crippen molar-refractivity contribution in [2.75, 3.05) is 0 Å². The highest BCUT2D eigenvalue weighted by Crippen LogP contribution is 2.56. The van der Waals surface area contributed by atoms with E-state index in [0.29, 0.717) is 11.4 Å². The first-order chi connectivity index (χ1) is 12.0. The zero-order valence-electron chi connectivity index (χ0n) is 14.0. The fraction of sp³-hybridized carbons (Fsp3) is 0.316. The number of rotatable bonds is 1. The molecule has 6 heteroatoms. The van der Waals surface area contributed by atoms with Crippen LogP contribution in [0.4, 0.5) is 0 Å². The maximum absolute atomic E-state index is 12.9. The van der Waals surface area contributed by atoms with Crippen molar-refractivity contribution < 1.29 is 9.59 Å². The number of carbonyl (C=O) groups is 2. The van der Waals surface area contributed by atoms with Crippen molar-refractivity contribution in [1.82, 2.24) is 9.80 Å². The topological polar surface area (TPSA) is 40.6 Å². The SMILES string of the molecule is CCC(=O)N1C(=S)c2ccccc2C12S[C@H](C)C(=O)N1C=CC=CC12. The molecular weight excluding hydrogens is 352 g/mol. The summed E-state index contributed by atoms with van der Waals surface area (Å²) in [5, 5.41) is -0.270. The van der Waals surface area contributed by atoms with Crippen LogP contribution < -0.4 is 0 Å².